The standard InChI is InChI=1S/C30H37N3O4S2/c1-5-7-18-32(19-8-6-2)39(35,36)25-16-14-23(15-17-25)29(34)33(21-24-11-10-20-37-24)30-31-28-26(22(3)4)12-9-13-27(28)38-30/h9-17,20,22H,5-8,18-19,21H2,1-4H3. The highest BCUT2D eigenvalue weighted by Crippen LogP contribution is 2.35. The number of benzene rings is 2. The van der Waals surface area contributed by atoms with Crippen LogP contribution in [0.1, 0.15) is 81.0 Å². The molecular weight excluding hydrogens is 530 g/mol. The maximum Gasteiger partial charge on any atom is 0.260 e. The zero-order valence-electron chi connectivity index (χ0n) is 23.1. The number of unbranched alkanes of at least 4 members (excludes halogenated alkanes) is 2. The van der Waals surface area contributed by atoms with Gasteiger partial charge in [0.15, 0.2) is 5.13 Å². The van der Waals surface area contributed by atoms with Gasteiger partial charge in [0.1, 0.15) is 5.76 Å². The molecule has 2 heterocycles. The smallest absolute Gasteiger partial charge is 0.260 e. The second kappa shape index (κ2) is 12.9. The van der Waals surface area contributed by atoms with Gasteiger partial charge in [-0.05, 0) is 66.8 Å². The number of hydrogen-bond acceptors (Lipinski definition) is 6. The molecule has 0 spiro atoms. The van der Waals surface area contributed by atoms with Gasteiger partial charge in [-0.3, -0.25) is 9.69 Å². The van der Waals surface area contributed by atoms with Gasteiger partial charge in [0.2, 0.25) is 10.0 Å². The van der Waals surface area contributed by atoms with Crippen LogP contribution >= 0.6 is 11.3 Å². The summed E-state index contributed by atoms with van der Waals surface area (Å²) >= 11 is 1.46. The Bertz CT molecular complexity index is 1470. The third kappa shape index (κ3) is 6.59. The summed E-state index contributed by atoms with van der Waals surface area (Å²) < 4.78 is 34.9. The topological polar surface area (TPSA) is 83.7 Å². The van der Waals surface area contributed by atoms with Crippen LogP contribution in [-0.2, 0) is 16.6 Å². The van der Waals surface area contributed by atoms with Gasteiger partial charge in [-0.1, -0.05) is 64.0 Å². The van der Waals surface area contributed by atoms with Crippen LogP contribution < -0.4 is 4.90 Å². The lowest BCUT2D eigenvalue weighted by atomic mass is 10.0. The van der Waals surface area contributed by atoms with Gasteiger partial charge >= 0.3 is 0 Å². The highest BCUT2D eigenvalue weighted by molar-refractivity contribution is 7.89. The normalized spacial score (nSPS) is 12.1. The molecule has 9 heteroatoms. The fourth-order valence-electron chi connectivity index (χ4n) is 4.42. The van der Waals surface area contributed by atoms with E-state index in [2.05, 4.69) is 33.8 Å². The third-order valence-corrected chi connectivity index (χ3v) is 9.65. The molecule has 0 atom stereocenters. The molecule has 0 fully saturated rings. The Morgan fingerprint density at radius 1 is 0.974 bits per heavy atom. The number of thiazole rings is 1. The van der Waals surface area contributed by atoms with E-state index in [1.165, 1.54) is 23.5 Å². The van der Waals surface area contributed by atoms with Crippen molar-refractivity contribution < 1.29 is 17.6 Å². The van der Waals surface area contributed by atoms with E-state index in [0.717, 1.165) is 41.5 Å². The molecular formula is C30H37N3O4S2. The Labute approximate surface area is 235 Å². The molecule has 0 saturated heterocycles. The van der Waals surface area contributed by atoms with Crippen LogP contribution in [0.2, 0.25) is 0 Å². The Balaban J connectivity index is 1.66. The number of para-hydroxylation sites is 1. The minimum absolute atomic E-state index is 0.199. The van der Waals surface area contributed by atoms with Crippen LogP contribution in [0.4, 0.5) is 5.13 Å². The molecule has 0 aliphatic carbocycles. The van der Waals surface area contributed by atoms with Crippen molar-refractivity contribution in [2.24, 2.45) is 0 Å². The summed E-state index contributed by atoms with van der Waals surface area (Å²) in [7, 11) is -3.65. The monoisotopic (exact) mass is 567 g/mol. The van der Waals surface area contributed by atoms with Crippen LogP contribution in [0.5, 0.6) is 0 Å². The van der Waals surface area contributed by atoms with E-state index >= 15 is 0 Å². The summed E-state index contributed by atoms with van der Waals surface area (Å²) in [6, 6.07) is 16.0. The molecule has 4 aromatic rings. The van der Waals surface area contributed by atoms with Crippen LogP contribution in [-0.4, -0.2) is 36.7 Å². The lowest BCUT2D eigenvalue weighted by Crippen LogP contribution is -2.33. The van der Waals surface area contributed by atoms with E-state index in [-0.39, 0.29) is 17.3 Å². The minimum Gasteiger partial charge on any atom is -0.467 e. The SMILES string of the molecule is CCCCN(CCCC)S(=O)(=O)c1ccc(C(=O)N(Cc2ccco2)c2nc3c(C(C)C)cccc3s2)cc1. The number of anilines is 1. The molecule has 0 saturated carbocycles. The Morgan fingerprint density at radius 2 is 1.67 bits per heavy atom. The summed E-state index contributed by atoms with van der Waals surface area (Å²) in [4.78, 5) is 20.5. The fraction of sp³-hybridized carbons (Fsp3) is 0.400. The van der Waals surface area contributed by atoms with E-state index in [1.807, 2.05) is 18.2 Å². The van der Waals surface area contributed by atoms with Gasteiger partial charge in [-0.15, -0.1) is 0 Å². The molecule has 0 aliphatic rings. The third-order valence-electron chi connectivity index (χ3n) is 6.69. The molecule has 2 aromatic carbocycles. The van der Waals surface area contributed by atoms with Gasteiger partial charge in [0, 0.05) is 18.7 Å². The molecule has 0 aliphatic heterocycles. The largest absolute Gasteiger partial charge is 0.467 e. The molecule has 0 unspecified atom stereocenters. The number of amides is 1. The van der Waals surface area contributed by atoms with Crippen molar-refractivity contribution in [2.45, 2.75) is 70.7 Å². The van der Waals surface area contributed by atoms with E-state index in [1.54, 1.807) is 33.7 Å². The minimum atomic E-state index is -3.65. The molecule has 7 nitrogen and oxygen atoms in total. The Kier molecular flexibility index (Phi) is 9.58. The lowest BCUT2D eigenvalue weighted by Gasteiger charge is -2.22. The van der Waals surface area contributed by atoms with Gasteiger partial charge in [0.25, 0.3) is 5.91 Å². The first kappa shape index (κ1) is 29.0. The van der Waals surface area contributed by atoms with Gasteiger partial charge in [-0.2, -0.15) is 4.31 Å². The van der Waals surface area contributed by atoms with E-state index in [0.29, 0.717) is 35.5 Å². The summed E-state index contributed by atoms with van der Waals surface area (Å²) in [6.07, 6.45) is 5.03. The van der Waals surface area contributed by atoms with Crippen molar-refractivity contribution in [3.8, 4) is 0 Å². The van der Waals surface area contributed by atoms with Crippen LogP contribution in [0.3, 0.4) is 0 Å². The van der Waals surface area contributed by atoms with Crippen molar-refractivity contribution in [2.75, 3.05) is 18.0 Å². The zero-order chi connectivity index (χ0) is 28.0. The van der Waals surface area contributed by atoms with Crippen LogP contribution in [0.15, 0.2) is 70.2 Å². The van der Waals surface area contributed by atoms with Crippen molar-refractivity contribution in [1.29, 1.82) is 0 Å². The fourth-order valence-corrected chi connectivity index (χ4v) is 6.93. The molecule has 39 heavy (non-hydrogen) atoms. The highest BCUT2D eigenvalue weighted by Gasteiger charge is 2.26. The maximum atomic E-state index is 13.8. The zero-order valence-corrected chi connectivity index (χ0v) is 24.7. The quantitative estimate of drug-likeness (QED) is 0.168. The van der Waals surface area contributed by atoms with Crippen molar-refractivity contribution in [3.63, 3.8) is 0 Å². The average Bonchev–Trinajstić information content (AvgIpc) is 3.61. The van der Waals surface area contributed by atoms with Gasteiger partial charge in [-0.25, -0.2) is 13.4 Å². The lowest BCUT2D eigenvalue weighted by molar-refractivity contribution is 0.0983. The first-order chi connectivity index (χ1) is 18.8. The number of rotatable bonds is 13. The van der Waals surface area contributed by atoms with Gasteiger partial charge in [0.05, 0.1) is 27.9 Å². The average molecular weight is 568 g/mol. The molecule has 1 amide bonds. The number of fused-ring (bicyclic) bond motifs is 1. The van der Waals surface area contributed by atoms with Crippen LogP contribution in [0, 0.1) is 0 Å². The highest BCUT2D eigenvalue weighted by atomic mass is 32.2. The Morgan fingerprint density at radius 3 is 2.26 bits per heavy atom. The first-order valence-electron chi connectivity index (χ1n) is 13.6. The summed E-state index contributed by atoms with van der Waals surface area (Å²) in [6.45, 7) is 9.55. The van der Waals surface area contributed by atoms with E-state index < -0.39 is 10.0 Å². The van der Waals surface area contributed by atoms with E-state index in [9.17, 15) is 13.2 Å². The molecule has 0 bridgehead atoms. The number of carbonyl (C=O) groups excluding carboxylic acids is 1. The summed E-state index contributed by atoms with van der Waals surface area (Å²) in [5, 5.41) is 0.571. The molecule has 0 N–H and O–H groups in total. The second-order valence-corrected chi connectivity index (χ2v) is 12.9. The summed E-state index contributed by atoms with van der Waals surface area (Å²) in [5.41, 5.74) is 2.41. The molecule has 2 aromatic heterocycles. The summed E-state index contributed by atoms with van der Waals surface area (Å²) in [5.74, 6) is 0.657. The van der Waals surface area contributed by atoms with Crippen molar-refractivity contribution in [1.82, 2.24) is 9.29 Å². The second-order valence-electron chi connectivity index (χ2n) is 9.95. The molecule has 0 radical (unpaired) electrons. The predicted molar refractivity (Wildman–Crippen MR) is 158 cm³/mol. The first-order valence-corrected chi connectivity index (χ1v) is 15.9. The predicted octanol–water partition coefficient (Wildman–Crippen LogP) is 7.45. The number of nitrogens with zero attached hydrogens (tertiary/aromatic N) is 3. The van der Waals surface area contributed by atoms with Crippen molar-refractivity contribution in [3.05, 3.63) is 77.7 Å². The number of sulfonamides is 1. The number of carbonyl (C=O) groups is 1. The molecule has 4 rings (SSSR count). The maximum absolute atomic E-state index is 13.8. The van der Waals surface area contributed by atoms with Gasteiger partial charge < -0.3 is 4.42 Å². The Hall–Kier alpha value is -3.01. The number of furan rings is 1. The molecule has 208 valence electrons. The van der Waals surface area contributed by atoms with E-state index in [4.69, 9.17) is 9.40 Å². The van der Waals surface area contributed by atoms with Crippen molar-refractivity contribution >= 4 is 42.6 Å². The number of aromatic nitrogens is 1. The van der Waals surface area contributed by atoms with Crippen LogP contribution in [0.25, 0.3) is 10.2 Å². The number of hydrogen-bond donors (Lipinski definition) is 0.